The molecule has 0 spiro atoms. The predicted molar refractivity (Wildman–Crippen MR) is 219 cm³/mol. The monoisotopic (exact) mass is 674 g/mol. The molecule has 0 saturated carbocycles. The van der Waals surface area contributed by atoms with Crippen molar-refractivity contribution in [1.82, 2.24) is 18.9 Å². The fourth-order valence-electron chi connectivity index (χ4n) is 9.26. The highest BCUT2D eigenvalue weighted by Gasteiger charge is 2.27. The number of aromatic nitrogens is 4. The number of fused-ring (bicyclic) bond motifs is 12. The maximum Gasteiger partial charge on any atom is 0.165 e. The minimum Gasteiger partial charge on any atom is -0.456 e. The van der Waals surface area contributed by atoms with E-state index < -0.39 is 0 Å². The van der Waals surface area contributed by atoms with Crippen LogP contribution in [0.25, 0.3) is 121 Å². The number of furan rings is 1. The molecule has 0 amide bonds. The van der Waals surface area contributed by atoms with Gasteiger partial charge in [0.15, 0.2) is 5.82 Å². The van der Waals surface area contributed by atoms with Gasteiger partial charge in [-0.25, -0.2) is 9.97 Å². The van der Waals surface area contributed by atoms with Crippen LogP contribution in [0, 0.1) is 0 Å². The Balaban J connectivity index is 1.34. The molecule has 5 aromatic heterocycles. The van der Waals surface area contributed by atoms with Crippen LogP contribution in [0.2, 0.25) is 0 Å². The molecular weight excluding hydrogens is 649 g/mol. The molecule has 5 heteroatoms. The van der Waals surface area contributed by atoms with Crippen molar-refractivity contribution in [3.05, 3.63) is 158 Å². The molecule has 244 valence electrons. The SMILES string of the molecule is c1ccc(-c2nc3c(ccc4ccccc43)nc2-n2c3cccc4c5cccc6c7ccccc7n(c56)c5c6c(cc2c5c43)oc2ccccc26)cc1. The molecule has 0 N–H and O–H groups in total. The summed E-state index contributed by atoms with van der Waals surface area (Å²) in [7, 11) is 0. The third-order valence-corrected chi connectivity index (χ3v) is 11.4. The molecule has 13 rings (SSSR count). The van der Waals surface area contributed by atoms with Gasteiger partial charge in [0.2, 0.25) is 0 Å². The largest absolute Gasteiger partial charge is 0.456 e. The summed E-state index contributed by atoms with van der Waals surface area (Å²) in [6.45, 7) is 0. The molecule has 5 heterocycles. The van der Waals surface area contributed by atoms with Gasteiger partial charge in [-0.2, -0.15) is 0 Å². The van der Waals surface area contributed by atoms with Gasteiger partial charge in [0, 0.05) is 49.3 Å². The van der Waals surface area contributed by atoms with Crippen molar-refractivity contribution in [2.75, 3.05) is 0 Å². The molecule has 8 aromatic carbocycles. The van der Waals surface area contributed by atoms with Gasteiger partial charge in [-0.05, 0) is 35.0 Å². The van der Waals surface area contributed by atoms with Crippen LogP contribution in [-0.4, -0.2) is 18.9 Å². The molecule has 0 aliphatic heterocycles. The van der Waals surface area contributed by atoms with E-state index in [0.717, 1.165) is 77.4 Å². The second-order valence-corrected chi connectivity index (χ2v) is 14.1. The molecule has 0 fully saturated rings. The summed E-state index contributed by atoms with van der Waals surface area (Å²) in [6.07, 6.45) is 0. The predicted octanol–water partition coefficient (Wildman–Crippen LogP) is 12.6. The van der Waals surface area contributed by atoms with Crippen molar-refractivity contribution < 1.29 is 4.42 Å². The zero-order chi connectivity index (χ0) is 34.4. The van der Waals surface area contributed by atoms with E-state index in [4.69, 9.17) is 14.4 Å². The maximum atomic E-state index is 6.79. The molecule has 5 nitrogen and oxygen atoms in total. The fourth-order valence-corrected chi connectivity index (χ4v) is 9.26. The highest BCUT2D eigenvalue weighted by Crippen LogP contribution is 2.48. The first-order valence-corrected chi connectivity index (χ1v) is 18.0. The lowest BCUT2D eigenvalue weighted by atomic mass is 10.0. The standard InChI is InChI=1S/C48H26N4O/c1-2-13-28(14-3-1)44-48(49-35-25-24-27-12-4-5-15-29(27)45(35)50-44)51-37-22-11-18-31-33-20-10-19-32-30-16-6-8-21-36(30)52(46(32)33)47-42-34-17-7-9-23-39(34)53-40(42)26-38(51)43(47)41(31)37/h1-26H. The van der Waals surface area contributed by atoms with Crippen LogP contribution in [0.4, 0.5) is 0 Å². The van der Waals surface area contributed by atoms with Crippen molar-refractivity contribution in [3.8, 4) is 17.1 Å². The molecule has 0 saturated heterocycles. The van der Waals surface area contributed by atoms with Gasteiger partial charge >= 0.3 is 0 Å². The van der Waals surface area contributed by atoms with Gasteiger partial charge in [-0.3, -0.25) is 4.57 Å². The molecule has 0 atom stereocenters. The molecule has 0 radical (unpaired) electrons. The lowest BCUT2D eigenvalue weighted by molar-refractivity contribution is 0.669. The normalized spacial score (nSPS) is 12.5. The Kier molecular flexibility index (Phi) is 5.06. The second-order valence-electron chi connectivity index (χ2n) is 14.1. The van der Waals surface area contributed by atoms with Gasteiger partial charge in [0.05, 0.1) is 44.0 Å². The second kappa shape index (κ2) is 9.75. The first kappa shape index (κ1) is 27.5. The molecular formula is C48H26N4O. The Morgan fingerprint density at radius 2 is 1.13 bits per heavy atom. The summed E-state index contributed by atoms with van der Waals surface area (Å²) in [4.78, 5) is 11.1. The van der Waals surface area contributed by atoms with E-state index in [2.05, 4.69) is 167 Å². The molecule has 53 heavy (non-hydrogen) atoms. The zero-order valence-corrected chi connectivity index (χ0v) is 28.2. The van der Waals surface area contributed by atoms with E-state index >= 15 is 0 Å². The first-order chi connectivity index (χ1) is 26.3. The Labute approximate surface area is 300 Å². The summed E-state index contributed by atoms with van der Waals surface area (Å²) in [5.74, 6) is 0.786. The first-order valence-electron chi connectivity index (χ1n) is 18.0. The van der Waals surface area contributed by atoms with Crippen LogP contribution < -0.4 is 0 Å². The van der Waals surface area contributed by atoms with Gasteiger partial charge in [0.1, 0.15) is 16.9 Å². The third-order valence-electron chi connectivity index (χ3n) is 11.4. The molecule has 0 bridgehead atoms. The maximum absolute atomic E-state index is 6.79. The molecule has 13 aromatic rings. The average molecular weight is 675 g/mol. The Morgan fingerprint density at radius 3 is 2.04 bits per heavy atom. The van der Waals surface area contributed by atoms with Gasteiger partial charge < -0.3 is 8.82 Å². The van der Waals surface area contributed by atoms with E-state index in [-0.39, 0.29) is 0 Å². The van der Waals surface area contributed by atoms with Crippen LogP contribution in [-0.2, 0) is 0 Å². The van der Waals surface area contributed by atoms with E-state index in [1.54, 1.807) is 0 Å². The smallest absolute Gasteiger partial charge is 0.165 e. The van der Waals surface area contributed by atoms with E-state index in [0.29, 0.717) is 0 Å². The number of hydrogen-bond acceptors (Lipinski definition) is 3. The highest BCUT2D eigenvalue weighted by atomic mass is 16.3. The number of hydrogen-bond donors (Lipinski definition) is 0. The highest BCUT2D eigenvalue weighted by molar-refractivity contribution is 6.36. The summed E-state index contributed by atoms with van der Waals surface area (Å²) in [5.41, 5.74) is 10.9. The van der Waals surface area contributed by atoms with Crippen LogP contribution in [0.3, 0.4) is 0 Å². The van der Waals surface area contributed by atoms with E-state index in [1.165, 1.54) is 43.4 Å². The van der Waals surface area contributed by atoms with Crippen molar-refractivity contribution in [3.63, 3.8) is 0 Å². The van der Waals surface area contributed by atoms with Crippen LogP contribution in [0.1, 0.15) is 0 Å². The van der Waals surface area contributed by atoms with Crippen molar-refractivity contribution in [1.29, 1.82) is 0 Å². The van der Waals surface area contributed by atoms with Crippen molar-refractivity contribution >= 4 is 104 Å². The number of para-hydroxylation sites is 3. The zero-order valence-electron chi connectivity index (χ0n) is 28.2. The summed E-state index contributed by atoms with van der Waals surface area (Å²) >= 11 is 0. The summed E-state index contributed by atoms with van der Waals surface area (Å²) in [6, 6.07) is 56.1. The number of benzene rings is 8. The Bertz CT molecular complexity index is 3680. The molecule has 0 unspecified atom stereocenters. The van der Waals surface area contributed by atoms with Crippen LogP contribution in [0.15, 0.2) is 162 Å². The Morgan fingerprint density at radius 1 is 0.434 bits per heavy atom. The quantitative estimate of drug-likeness (QED) is 0.172. The fraction of sp³-hybridized carbons (Fsp3) is 0. The van der Waals surface area contributed by atoms with Gasteiger partial charge in [0.25, 0.3) is 0 Å². The third kappa shape index (κ3) is 3.42. The minimum atomic E-state index is 0.786. The van der Waals surface area contributed by atoms with E-state index in [9.17, 15) is 0 Å². The minimum absolute atomic E-state index is 0.786. The lowest BCUT2D eigenvalue weighted by Crippen LogP contribution is -2.04. The molecule has 0 aliphatic carbocycles. The van der Waals surface area contributed by atoms with Crippen LogP contribution in [0.5, 0.6) is 0 Å². The summed E-state index contributed by atoms with van der Waals surface area (Å²) < 4.78 is 11.6. The summed E-state index contributed by atoms with van der Waals surface area (Å²) in [5, 5.41) is 11.7. The number of rotatable bonds is 2. The lowest BCUT2D eigenvalue weighted by Gasteiger charge is -2.15. The average Bonchev–Trinajstić information content (AvgIpc) is 3.84. The van der Waals surface area contributed by atoms with Gasteiger partial charge in [-0.1, -0.05) is 127 Å². The number of nitrogens with zero attached hydrogens (tertiary/aromatic N) is 4. The van der Waals surface area contributed by atoms with Crippen molar-refractivity contribution in [2.24, 2.45) is 0 Å². The van der Waals surface area contributed by atoms with Crippen LogP contribution >= 0.6 is 0 Å². The Hall–Kier alpha value is -7.24. The molecule has 0 aliphatic rings. The van der Waals surface area contributed by atoms with Crippen molar-refractivity contribution in [2.45, 2.75) is 0 Å². The topological polar surface area (TPSA) is 48.3 Å². The van der Waals surface area contributed by atoms with E-state index in [1.807, 2.05) is 0 Å². The van der Waals surface area contributed by atoms with Gasteiger partial charge in [-0.15, -0.1) is 0 Å².